The third-order valence-electron chi connectivity index (χ3n) is 2.00. The van der Waals surface area contributed by atoms with Crippen molar-refractivity contribution < 1.29 is 9.59 Å². The summed E-state index contributed by atoms with van der Waals surface area (Å²) < 4.78 is 0. The molecule has 0 saturated carbocycles. The molecule has 0 N–H and O–H groups in total. The summed E-state index contributed by atoms with van der Waals surface area (Å²) in [6.07, 6.45) is 5.57. The van der Waals surface area contributed by atoms with Gasteiger partial charge in [0.05, 0.1) is 13.1 Å². The van der Waals surface area contributed by atoms with E-state index in [1.54, 1.807) is 7.05 Å². The van der Waals surface area contributed by atoms with Gasteiger partial charge in [0.2, 0.25) is 11.8 Å². The highest BCUT2D eigenvalue weighted by Gasteiger charge is 2.26. The fourth-order valence-electron chi connectivity index (χ4n) is 1.17. The van der Waals surface area contributed by atoms with Crippen molar-refractivity contribution in [1.82, 2.24) is 9.80 Å². The summed E-state index contributed by atoms with van der Waals surface area (Å²) in [6.45, 7) is 0.815. The predicted octanol–water partition coefficient (Wildman–Crippen LogP) is -0.690. The van der Waals surface area contributed by atoms with Crippen LogP contribution in [0.4, 0.5) is 0 Å². The molecule has 1 saturated heterocycles. The van der Waals surface area contributed by atoms with Gasteiger partial charge >= 0.3 is 0 Å². The van der Waals surface area contributed by atoms with Crippen molar-refractivity contribution in [1.29, 1.82) is 0 Å². The SMILES string of the molecule is C#CCCN1CC(=O)N(C)CC1=O. The van der Waals surface area contributed by atoms with Crippen LogP contribution in [-0.2, 0) is 9.59 Å². The summed E-state index contributed by atoms with van der Waals surface area (Å²) in [7, 11) is 1.62. The van der Waals surface area contributed by atoms with Crippen LogP contribution in [0.15, 0.2) is 0 Å². The maximum Gasteiger partial charge on any atom is 0.242 e. The first-order chi connectivity index (χ1) is 6.15. The van der Waals surface area contributed by atoms with Crippen molar-refractivity contribution in [2.75, 3.05) is 26.7 Å². The number of hydrogen-bond acceptors (Lipinski definition) is 2. The first-order valence-electron chi connectivity index (χ1n) is 4.10. The lowest BCUT2D eigenvalue weighted by Gasteiger charge is -2.31. The van der Waals surface area contributed by atoms with E-state index in [2.05, 4.69) is 5.92 Å². The number of terminal acetylenes is 1. The number of carbonyl (C=O) groups excluding carboxylic acids is 2. The first kappa shape index (κ1) is 9.59. The third kappa shape index (κ3) is 2.22. The Kier molecular flexibility index (Phi) is 2.91. The molecule has 4 heteroatoms. The Morgan fingerprint density at radius 2 is 2.08 bits per heavy atom. The van der Waals surface area contributed by atoms with E-state index in [0.717, 1.165) is 0 Å². The van der Waals surface area contributed by atoms with E-state index in [-0.39, 0.29) is 24.9 Å². The molecule has 0 aliphatic carbocycles. The summed E-state index contributed by atoms with van der Waals surface area (Å²) in [5, 5.41) is 0. The second-order valence-electron chi connectivity index (χ2n) is 3.02. The fraction of sp³-hybridized carbons (Fsp3) is 0.556. The van der Waals surface area contributed by atoms with Gasteiger partial charge in [-0.1, -0.05) is 0 Å². The Bertz CT molecular complexity index is 267. The topological polar surface area (TPSA) is 40.6 Å². The average Bonchev–Trinajstić information content (AvgIpc) is 2.09. The first-order valence-corrected chi connectivity index (χ1v) is 4.10. The molecule has 1 aliphatic heterocycles. The Morgan fingerprint density at radius 1 is 1.38 bits per heavy atom. The van der Waals surface area contributed by atoms with Gasteiger partial charge in [0, 0.05) is 20.0 Å². The lowest BCUT2D eigenvalue weighted by atomic mass is 10.3. The molecule has 0 unspecified atom stereocenters. The minimum atomic E-state index is -0.0309. The highest BCUT2D eigenvalue weighted by Crippen LogP contribution is 2.02. The maximum atomic E-state index is 11.3. The molecule has 0 aromatic heterocycles. The zero-order chi connectivity index (χ0) is 9.84. The smallest absolute Gasteiger partial charge is 0.242 e. The zero-order valence-electron chi connectivity index (χ0n) is 7.62. The van der Waals surface area contributed by atoms with Crippen LogP contribution in [0.5, 0.6) is 0 Å². The Hall–Kier alpha value is -1.50. The van der Waals surface area contributed by atoms with Gasteiger partial charge < -0.3 is 9.80 Å². The van der Waals surface area contributed by atoms with E-state index in [1.807, 2.05) is 0 Å². The molecule has 0 spiro atoms. The number of amides is 2. The van der Waals surface area contributed by atoms with Gasteiger partial charge in [-0.2, -0.15) is 0 Å². The Balaban J connectivity index is 2.52. The maximum absolute atomic E-state index is 11.3. The monoisotopic (exact) mass is 180 g/mol. The van der Waals surface area contributed by atoms with Crippen molar-refractivity contribution in [3.8, 4) is 12.3 Å². The molecule has 0 radical (unpaired) electrons. The van der Waals surface area contributed by atoms with E-state index in [4.69, 9.17) is 6.42 Å². The summed E-state index contributed by atoms with van der Waals surface area (Å²) in [6, 6.07) is 0. The molecule has 1 heterocycles. The summed E-state index contributed by atoms with van der Waals surface area (Å²) >= 11 is 0. The largest absolute Gasteiger partial charge is 0.335 e. The highest BCUT2D eigenvalue weighted by molar-refractivity contribution is 5.92. The third-order valence-corrected chi connectivity index (χ3v) is 2.00. The summed E-state index contributed by atoms with van der Waals surface area (Å²) in [5.41, 5.74) is 0. The average molecular weight is 180 g/mol. The van der Waals surface area contributed by atoms with Crippen molar-refractivity contribution in [2.24, 2.45) is 0 Å². The van der Waals surface area contributed by atoms with Crippen LogP contribution in [0.2, 0.25) is 0 Å². The zero-order valence-corrected chi connectivity index (χ0v) is 7.62. The van der Waals surface area contributed by atoms with Gasteiger partial charge in [-0.05, 0) is 0 Å². The van der Waals surface area contributed by atoms with Crippen LogP contribution >= 0.6 is 0 Å². The number of rotatable bonds is 2. The molecule has 1 aliphatic rings. The number of nitrogens with zero attached hydrogens (tertiary/aromatic N) is 2. The Labute approximate surface area is 77.5 Å². The fourth-order valence-corrected chi connectivity index (χ4v) is 1.17. The second-order valence-corrected chi connectivity index (χ2v) is 3.02. The summed E-state index contributed by atoms with van der Waals surface area (Å²) in [5.74, 6) is 2.38. The van der Waals surface area contributed by atoms with E-state index < -0.39 is 0 Å². The van der Waals surface area contributed by atoms with Gasteiger partial charge in [-0.25, -0.2) is 0 Å². The molecule has 4 nitrogen and oxygen atoms in total. The quantitative estimate of drug-likeness (QED) is 0.528. The van der Waals surface area contributed by atoms with E-state index in [1.165, 1.54) is 9.80 Å². The van der Waals surface area contributed by atoms with Crippen LogP contribution in [-0.4, -0.2) is 48.3 Å². The molecular weight excluding hydrogens is 168 g/mol. The molecule has 0 aromatic rings. The van der Waals surface area contributed by atoms with Crippen molar-refractivity contribution in [3.63, 3.8) is 0 Å². The van der Waals surface area contributed by atoms with Gasteiger partial charge in [0.15, 0.2) is 0 Å². The number of carbonyl (C=O) groups is 2. The second kappa shape index (κ2) is 3.94. The molecule has 0 aromatic carbocycles. The Morgan fingerprint density at radius 3 is 2.69 bits per heavy atom. The van der Waals surface area contributed by atoms with E-state index >= 15 is 0 Å². The minimum absolute atomic E-state index is 0.0302. The van der Waals surface area contributed by atoms with Crippen LogP contribution in [0.3, 0.4) is 0 Å². The highest BCUT2D eigenvalue weighted by atomic mass is 16.2. The number of likely N-dealkylation sites (N-methyl/N-ethyl adjacent to an activating group) is 1. The predicted molar refractivity (Wildman–Crippen MR) is 47.7 cm³/mol. The standard InChI is InChI=1S/C9H12N2O2/c1-3-4-5-11-7-8(12)10(2)6-9(11)13/h1H,4-7H2,2H3. The molecule has 13 heavy (non-hydrogen) atoms. The lowest BCUT2D eigenvalue weighted by molar-refractivity contribution is -0.148. The van der Waals surface area contributed by atoms with E-state index in [0.29, 0.717) is 13.0 Å². The normalized spacial score (nSPS) is 17.5. The molecule has 1 fully saturated rings. The molecule has 1 rings (SSSR count). The molecular formula is C9H12N2O2. The van der Waals surface area contributed by atoms with Crippen molar-refractivity contribution >= 4 is 11.8 Å². The van der Waals surface area contributed by atoms with Gasteiger partial charge in [-0.3, -0.25) is 9.59 Å². The van der Waals surface area contributed by atoms with Crippen LogP contribution in [0, 0.1) is 12.3 Å². The van der Waals surface area contributed by atoms with Crippen LogP contribution in [0.25, 0.3) is 0 Å². The lowest BCUT2D eigenvalue weighted by Crippen LogP contribution is -2.52. The van der Waals surface area contributed by atoms with Gasteiger partial charge in [-0.15, -0.1) is 12.3 Å². The molecule has 0 atom stereocenters. The molecule has 70 valence electrons. The van der Waals surface area contributed by atoms with Gasteiger partial charge in [0.1, 0.15) is 0 Å². The minimum Gasteiger partial charge on any atom is -0.335 e. The van der Waals surface area contributed by atoms with Crippen molar-refractivity contribution in [2.45, 2.75) is 6.42 Å². The number of hydrogen-bond donors (Lipinski definition) is 0. The van der Waals surface area contributed by atoms with Crippen molar-refractivity contribution in [3.05, 3.63) is 0 Å². The van der Waals surface area contributed by atoms with Gasteiger partial charge in [0.25, 0.3) is 0 Å². The molecule has 0 bridgehead atoms. The van der Waals surface area contributed by atoms with Crippen LogP contribution in [0.1, 0.15) is 6.42 Å². The number of piperazine rings is 1. The van der Waals surface area contributed by atoms with Crippen LogP contribution < -0.4 is 0 Å². The van der Waals surface area contributed by atoms with E-state index in [9.17, 15) is 9.59 Å². The summed E-state index contributed by atoms with van der Waals surface area (Å²) in [4.78, 5) is 25.4. The molecule has 2 amide bonds.